The topological polar surface area (TPSA) is 123 Å². The monoisotopic (exact) mass is 505 g/mol. The van der Waals surface area contributed by atoms with Crippen LogP contribution in [0.5, 0.6) is 0 Å². The first-order chi connectivity index (χ1) is 16.0. The lowest BCUT2D eigenvalue weighted by Crippen LogP contribution is -2.33. The van der Waals surface area contributed by atoms with Gasteiger partial charge in [0.05, 0.1) is 44.5 Å². The number of esters is 1. The lowest BCUT2D eigenvalue weighted by Gasteiger charge is -2.13. The van der Waals surface area contributed by atoms with Gasteiger partial charge in [0.1, 0.15) is 12.4 Å². The molecule has 1 aromatic heterocycles. The molecule has 0 aliphatic carbocycles. The summed E-state index contributed by atoms with van der Waals surface area (Å²) in [6.45, 7) is 2.45. The van der Waals surface area contributed by atoms with Crippen LogP contribution in [0, 0.1) is 12.7 Å². The van der Waals surface area contributed by atoms with Crippen molar-refractivity contribution in [1.29, 1.82) is 0 Å². The Balaban J connectivity index is 1.76. The Kier molecular flexibility index (Phi) is 6.00. The van der Waals surface area contributed by atoms with Crippen molar-refractivity contribution in [2.75, 3.05) is 17.9 Å². The molecule has 34 heavy (non-hydrogen) atoms. The number of nitrogens with one attached hydrogen (secondary N) is 1. The van der Waals surface area contributed by atoms with E-state index in [1.165, 1.54) is 31.2 Å². The van der Waals surface area contributed by atoms with Gasteiger partial charge in [-0.2, -0.15) is 0 Å². The van der Waals surface area contributed by atoms with Crippen LogP contribution in [-0.2, 0) is 19.6 Å². The Bertz CT molecular complexity index is 1490. The minimum absolute atomic E-state index is 0.0205. The van der Waals surface area contributed by atoms with Crippen LogP contribution >= 0.6 is 11.6 Å². The quantitative estimate of drug-likeness (QED) is 0.403. The zero-order valence-electron chi connectivity index (χ0n) is 17.9. The van der Waals surface area contributed by atoms with Crippen molar-refractivity contribution in [3.63, 3.8) is 0 Å². The molecule has 2 amide bonds. The molecule has 0 radical (unpaired) electrons. The maximum atomic E-state index is 13.3. The van der Waals surface area contributed by atoms with E-state index in [0.29, 0.717) is 11.2 Å². The lowest BCUT2D eigenvalue weighted by atomic mass is 10.0. The molecule has 0 saturated heterocycles. The number of hydrogen-bond donors (Lipinski definition) is 1. The zero-order valence-corrected chi connectivity index (χ0v) is 19.5. The smallest absolute Gasteiger partial charge is 0.302 e. The Morgan fingerprint density at radius 1 is 1.15 bits per heavy atom. The van der Waals surface area contributed by atoms with E-state index in [4.69, 9.17) is 16.3 Å². The van der Waals surface area contributed by atoms with Crippen molar-refractivity contribution in [2.24, 2.45) is 0 Å². The van der Waals surface area contributed by atoms with Gasteiger partial charge in [-0.1, -0.05) is 11.6 Å². The first-order valence-electron chi connectivity index (χ1n) is 9.91. The van der Waals surface area contributed by atoms with Gasteiger partial charge in [0.15, 0.2) is 0 Å². The van der Waals surface area contributed by atoms with Gasteiger partial charge in [0.25, 0.3) is 21.8 Å². The molecule has 1 aliphatic rings. The third-order valence-electron chi connectivity index (χ3n) is 5.16. The third kappa shape index (κ3) is 4.19. The molecule has 4 rings (SSSR count). The number of carbonyl (C=O) groups excluding carboxylic acids is 3. The molecule has 1 aliphatic heterocycles. The number of pyridine rings is 1. The molecule has 1 N–H and O–H groups in total. The van der Waals surface area contributed by atoms with Gasteiger partial charge < -0.3 is 4.74 Å². The average molecular weight is 506 g/mol. The number of ether oxygens (including phenoxy) is 1. The van der Waals surface area contributed by atoms with Crippen molar-refractivity contribution >= 4 is 56.0 Å². The van der Waals surface area contributed by atoms with Crippen molar-refractivity contribution in [2.45, 2.75) is 18.7 Å². The first-order valence-corrected chi connectivity index (χ1v) is 11.8. The number of imide groups is 1. The minimum atomic E-state index is -4.19. The number of benzene rings is 2. The summed E-state index contributed by atoms with van der Waals surface area (Å²) < 4.78 is 46.4. The number of amides is 2. The van der Waals surface area contributed by atoms with Crippen LogP contribution < -0.4 is 4.72 Å². The molecule has 2 heterocycles. The Morgan fingerprint density at radius 2 is 1.85 bits per heavy atom. The number of aromatic nitrogens is 1. The largest absolute Gasteiger partial charge is 0.464 e. The van der Waals surface area contributed by atoms with Crippen LogP contribution in [0.1, 0.15) is 33.3 Å². The highest BCUT2D eigenvalue weighted by atomic mass is 35.5. The molecule has 176 valence electrons. The van der Waals surface area contributed by atoms with Gasteiger partial charge in [-0.05, 0) is 43.3 Å². The highest BCUT2D eigenvalue weighted by Crippen LogP contribution is 2.33. The fourth-order valence-corrected chi connectivity index (χ4v) is 5.01. The van der Waals surface area contributed by atoms with Crippen molar-refractivity contribution in [1.82, 2.24) is 9.88 Å². The van der Waals surface area contributed by atoms with Gasteiger partial charge in [0, 0.05) is 12.3 Å². The minimum Gasteiger partial charge on any atom is -0.464 e. The normalized spacial score (nSPS) is 13.4. The average Bonchev–Trinajstić information content (AvgIpc) is 3.01. The van der Waals surface area contributed by atoms with E-state index in [-0.39, 0.29) is 45.3 Å². The maximum absolute atomic E-state index is 13.3. The number of halogens is 2. The highest BCUT2D eigenvalue weighted by molar-refractivity contribution is 7.92. The predicted octanol–water partition coefficient (Wildman–Crippen LogP) is 3.30. The Hall–Kier alpha value is -3.57. The van der Waals surface area contributed by atoms with E-state index in [9.17, 15) is 27.2 Å². The number of anilines is 1. The van der Waals surface area contributed by atoms with Crippen molar-refractivity contribution in [3.05, 3.63) is 64.1 Å². The fraction of sp³-hybridized carbons (Fsp3) is 0.182. The summed E-state index contributed by atoms with van der Waals surface area (Å²) in [7, 11) is -4.19. The van der Waals surface area contributed by atoms with Crippen molar-refractivity contribution < 1.29 is 31.9 Å². The molecule has 0 spiro atoms. The molecule has 0 unspecified atom stereocenters. The van der Waals surface area contributed by atoms with E-state index in [2.05, 4.69) is 9.71 Å². The fourth-order valence-electron chi connectivity index (χ4n) is 3.64. The van der Waals surface area contributed by atoms with Gasteiger partial charge in [-0.15, -0.1) is 0 Å². The molecular weight excluding hydrogens is 489 g/mol. The van der Waals surface area contributed by atoms with Gasteiger partial charge in [-0.25, -0.2) is 12.8 Å². The summed E-state index contributed by atoms with van der Waals surface area (Å²) in [6, 6.07) is 7.15. The lowest BCUT2D eigenvalue weighted by molar-refractivity contribution is -0.141. The van der Waals surface area contributed by atoms with Crippen molar-refractivity contribution in [3.8, 4) is 0 Å². The van der Waals surface area contributed by atoms with Gasteiger partial charge in [-0.3, -0.25) is 29.0 Å². The molecular formula is C22H17ClFN3O6S. The summed E-state index contributed by atoms with van der Waals surface area (Å²) in [5.41, 5.74) is 0.676. The maximum Gasteiger partial charge on any atom is 0.302 e. The number of carbonyl (C=O) groups is 3. The van der Waals surface area contributed by atoms with Gasteiger partial charge >= 0.3 is 5.97 Å². The molecule has 12 heteroatoms. The van der Waals surface area contributed by atoms with Crippen LogP contribution in [0.3, 0.4) is 0 Å². The number of rotatable bonds is 6. The van der Waals surface area contributed by atoms with Crippen LogP contribution in [-0.4, -0.2) is 49.2 Å². The third-order valence-corrected chi connectivity index (χ3v) is 6.84. The van der Waals surface area contributed by atoms with Crippen LogP contribution in [0.4, 0.5) is 10.1 Å². The summed E-state index contributed by atoms with van der Waals surface area (Å²) in [4.78, 5) is 42.1. The number of aryl methyl sites for hydroxylation is 1. The summed E-state index contributed by atoms with van der Waals surface area (Å²) in [6.07, 6.45) is 0. The molecule has 0 saturated carbocycles. The van der Waals surface area contributed by atoms with Gasteiger partial charge in [0.2, 0.25) is 0 Å². The van der Waals surface area contributed by atoms with E-state index >= 15 is 0 Å². The summed E-state index contributed by atoms with van der Waals surface area (Å²) in [5, 5.41) is 0.0359. The second kappa shape index (κ2) is 8.65. The van der Waals surface area contributed by atoms with E-state index in [1.807, 2.05) is 0 Å². The Morgan fingerprint density at radius 3 is 2.53 bits per heavy atom. The van der Waals surface area contributed by atoms with Crippen LogP contribution in [0.2, 0.25) is 5.02 Å². The number of fused-ring (bicyclic) bond motifs is 3. The summed E-state index contributed by atoms with van der Waals surface area (Å²) in [5.74, 6) is -2.43. The van der Waals surface area contributed by atoms with Crippen LogP contribution in [0.25, 0.3) is 10.9 Å². The second-order valence-electron chi connectivity index (χ2n) is 7.46. The summed E-state index contributed by atoms with van der Waals surface area (Å²) >= 11 is 5.93. The van der Waals surface area contributed by atoms with E-state index in [1.54, 1.807) is 6.92 Å². The molecule has 9 nitrogen and oxygen atoms in total. The number of hydrogen-bond acceptors (Lipinski definition) is 7. The molecule has 2 aromatic carbocycles. The molecule has 0 fully saturated rings. The Labute approximate surface area is 198 Å². The molecule has 0 bridgehead atoms. The number of nitrogens with zero attached hydrogens (tertiary/aromatic N) is 2. The highest BCUT2D eigenvalue weighted by Gasteiger charge is 2.39. The van der Waals surface area contributed by atoms with E-state index in [0.717, 1.165) is 17.0 Å². The second-order valence-corrected chi connectivity index (χ2v) is 9.55. The first kappa shape index (κ1) is 23.6. The number of sulfonamides is 1. The molecule has 3 aromatic rings. The SMILES string of the molecule is CC(=O)OCCN1C(=O)c2c(C)nc3ccc(S(=O)(=O)Nc4ccc(F)cc4Cl)cc3c2C1=O. The van der Waals surface area contributed by atoms with Crippen LogP contribution in [0.15, 0.2) is 41.3 Å². The standard InChI is InChI=1S/C22H17ClFN3O6S/c1-11-19-20(22(30)27(21(19)29)7-8-33-12(2)28)15-10-14(4-6-17(15)25-11)34(31,32)26-18-5-3-13(24)9-16(18)23/h3-6,9-10,26H,7-8H2,1-2H3. The van der Waals surface area contributed by atoms with E-state index < -0.39 is 33.6 Å². The molecule has 0 atom stereocenters. The predicted molar refractivity (Wildman–Crippen MR) is 121 cm³/mol. The zero-order chi connectivity index (χ0) is 24.8.